The maximum absolute atomic E-state index is 12.5. The van der Waals surface area contributed by atoms with Crippen LogP contribution in [0.15, 0.2) is 85.4 Å². The lowest BCUT2D eigenvalue weighted by molar-refractivity contribution is 0.105. The highest BCUT2D eigenvalue weighted by Crippen LogP contribution is 2.24. The molecule has 3 heteroatoms. The van der Waals surface area contributed by atoms with Crippen molar-refractivity contribution >= 4 is 23.0 Å². The highest BCUT2D eigenvalue weighted by Gasteiger charge is 2.12. The zero-order chi connectivity index (χ0) is 16.9. The molecule has 0 aromatic heterocycles. The van der Waals surface area contributed by atoms with E-state index in [9.17, 15) is 4.79 Å². The quantitative estimate of drug-likeness (QED) is 0.420. The Morgan fingerprint density at radius 2 is 1.29 bits per heavy atom. The molecule has 0 N–H and O–H groups in total. The third-order valence-electron chi connectivity index (χ3n) is 3.56. The second-order valence-electron chi connectivity index (χ2n) is 5.25. The number of ether oxygens (including phenoxy) is 1. The number of halogens is 1. The summed E-state index contributed by atoms with van der Waals surface area (Å²) in [6.07, 6.45) is 0. The Labute approximate surface area is 146 Å². The van der Waals surface area contributed by atoms with Crippen molar-refractivity contribution < 1.29 is 9.53 Å². The molecule has 0 heterocycles. The molecule has 0 aliphatic heterocycles. The molecule has 0 spiro atoms. The Morgan fingerprint density at radius 1 is 0.750 bits per heavy atom. The van der Waals surface area contributed by atoms with Crippen molar-refractivity contribution in [3.63, 3.8) is 0 Å². The highest BCUT2D eigenvalue weighted by atomic mass is 35.5. The molecule has 0 fully saturated rings. The molecule has 3 rings (SSSR count). The molecule has 0 bridgehead atoms. The van der Waals surface area contributed by atoms with Crippen molar-refractivity contribution in [3.05, 3.63) is 102 Å². The number of para-hydroxylation sites is 1. The van der Waals surface area contributed by atoms with E-state index in [0.29, 0.717) is 21.9 Å². The lowest BCUT2D eigenvalue weighted by atomic mass is 9.98. The normalized spacial score (nSPS) is 10.2. The summed E-state index contributed by atoms with van der Waals surface area (Å²) < 4.78 is 5.72. The zero-order valence-corrected chi connectivity index (χ0v) is 13.7. The van der Waals surface area contributed by atoms with Crippen LogP contribution in [0.3, 0.4) is 0 Å². The summed E-state index contributed by atoms with van der Waals surface area (Å²) in [5.41, 5.74) is 1.76. The number of allylic oxidation sites excluding steroid dienone is 1. The molecular formula is C21H15ClO2. The fourth-order valence-corrected chi connectivity index (χ4v) is 2.38. The summed E-state index contributed by atoms with van der Waals surface area (Å²) in [5, 5.41) is 0.626. The van der Waals surface area contributed by atoms with Crippen molar-refractivity contribution in [2.75, 3.05) is 0 Å². The van der Waals surface area contributed by atoms with E-state index in [1.807, 2.05) is 30.3 Å². The summed E-state index contributed by atoms with van der Waals surface area (Å²) in [6.45, 7) is 3.90. The smallest absolute Gasteiger partial charge is 0.193 e. The van der Waals surface area contributed by atoms with Gasteiger partial charge in [0.25, 0.3) is 0 Å². The average Bonchev–Trinajstić information content (AvgIpc) is 2.63. The predicted octanol–water partition coefficient (Wildman–Crippen LogP) is 6.03. The third-order valence-corrected chi connectivity index (χ3v) is 3.81. The van der Waals surface area contributed by atoms with Crippen LogP contribution in [0.25, 0.3) is 5.57 Å². The Balaban J connectivity index is 1.74. The number of benzene rings is 3. The largest absolute Gasteiger partial charge is 0.457 e. The average molecular weight is 335 g/mol. The monoisotopic (exact) mass is 334 g/mol. The molecule has 0 saturated carbocycles. The first-order valence-electron chi connectivity index (χ1n) is 7.46. The van der Waals surface area contributed by atoms with E-state index >= 15 is 0 Å². The number of carbonyl (C=O) groups is 1. The van der Waals surface area contributed by atoms with Gasteiger partial charge in [-0.1, -0.05) is 48.5 Å². The molecule has 118 valence electrons. The van der Waals surface area contributed by atoms with Gasteiger partial charge in [0.1, 0.15) is 11.5 Å². The second kappa shape index (κ2) is 7.16. The molecule has 0 aliphatic rings. The van der Waals surface area contributed by atoms with E-state index in [-0.39, 0.29) is 5.78 Å². The Morgan fingerprint density at radius 3 is 1.92 bits per heavy atom. The SMILES string of the molecule is C=C(C(=O)c1ccc(Oc2ccccc2)cc1)c1ccc(Cl)cc1. The molecule has 2 nitrogen and oxygen atoms in total. The standard InChI is InChI=1S/C21H15ClO2/c1-15(16-7-11-18(22)12-8-16)21(23)17-9-13-20(14-10-17)24-19-5-3-2-4-6-19/h2-14H,1H2. The number of ketones is 1. The van der Waals surface area contributed by atoms with E-state index in [4.69, 9.17) is 16.3 Å². The number of Topliss-reactive ketones (excluding diaryl/α,β-unsaturated/α-hetero) is 1. The lowest BCUT2D eigenvalue weighted by Crippen LogP contribution is -2.01. The van der Waals surface area contributed by atoms with Gasteiger partial charge in [-0.25, -0.2) is 0 Å². The van der Waals surface area contributed by atoms with Crippen LogP contribution in [-0.4, -0.2) is 5.78 Å². The Bertz CT molecular complexity index is 851. The molecule has 0 atom stereocenters. The van der Waals surface area contributed by atoms with E-state index < -0.39 is 0 Å². The van der Waals surface area contributed by atoms with Gasteiger partial charge in [-0.15, -0.1) is 0 Å². The van der Waals surface area contributed by atoms with Crippen LogP contribution >= 0.6 is 11.6 Å². The van der Waals surface area contributed by atoms with Gasteiger partial charge in [0.15, 0.2) is 5.78 Å². The van der Waals surface area contributed by atoms with Gasteiger partial charge in [0, 0.05) is 16.2 Å². The topological polar surface area (TPSA) is 26.3 Å². The van der Waals surface area contributed by atoms with Crippen LogP contribution in [0.1, 0.15) is 15.9 Å². The van der Waals surface area contributed by atoms with Crippen LogP contribution in [0.2, 0.25) is 5.02 Å². The van der Waals surface area contributed by atoms with Gasteiger partial charge in [-0.3, -0.25) is 4.79 Å². The first-order valence-corrected chi connectivity index (χ1v) is 7.84. The number of rotatable bonds is 5. The summed E-state index contributed by atoms with van der Waals surface area (Å²) in [6, 6.07) is 23.6. The van der Waals surface area contributed by atoms with Crippen LogP contribution in [0.4, 0.5) is 0 Å². The molecule has 0 aliphatic carbocycles. The molecular weight excluding hydrogens is 320 g/mol. The first kappa shape index (κ1) is 16.0. The lowest BCUT2D eigenvalue weighted by Gasteiger charge is -2.08. The van der Waals surface area contributed by atoms with E-state index in [1.54, 1.807) is 48.5 Å². The maximum Gasteiger partial charge on any atom is 0.193 e. The molecule has 0 unspecified atom stereocenters. The number of hydrogen-bond donors (Lipinski definition) is 0. The van der Waals surface area contributed by atoms with Crippen molar-refractivity contribution in [2.24, 2.45) is 0 Å². The maximum atomic E-state index is 12.5. The summed E-state index contributed by atoms with van der Waals surface area (Å²) in [7, 11) is 0. The fraction of sp³-hybridized carbons (Fsp3) is 0. The van der Waals surface area contributed by atoms with Crippen molar-refractivity contribution in [2.45, 2.75) is 0 Å². The molecule has 0 saturated heterocycles. The van der Waals surface area contributed by atoms with Crippen LogP contribution in [0.5, 0.6) is 11.5 Å². The second-order valence-corrected chi connectivity index (χ2v) is 5.69. The van der Waals surface area contributed by atoms with E-state index in [0.717, 1.165) is 11.3 Å². The van der Waals surface area contributed by atoms with Crippen LogP contribution < -0.4 is 4.74 Å². The van der Waals surface area contributed by atoms with Gasteiger partial charge >= 0.3 is 0 Å². The highest BCUT2D eigenvalue weighted by molar-refractivity contribution is 6.31. The van der Waals surface area contributed by atoms with Crippen molar-refractivity contribution in [1.29, 1.82) is 0 Å². The van der Waals surface area contributed by atoms with Gasteiger partial charge in [-0.2, -0.15) is 0 Å². The van der Waals surface area contributed by atoms with Crippen molar-refractivity contribution in [1.82, 2.24) is 0 Å². The van der Waals surface area contributed by atoms with Gasteiger partial charge in [0.2, 0.25) is 0 Å². The Kier molecular flexibility index (Phi) is 4.78. The molecule has 0 radical (unpaired) electrons. The van der Waals surface area contributed by atoms with Gasteiger partial charge < -0.3 is 4.74 Å². The minimum Gasteiger partial charge on any atom is -0.457 e. The van der Waals surface area contributed by atoms with Gasteiger partial charge in [-0.05, 0) is 54.1 Å². The molecule has 24 heavy (non-hydrogen) atoms. The van der Waals surface area contributed by atoms with Crippen LogP contribution in [0, 0.1) is 0 Å². The van der Waals surface area contributed by atoms with E-state index in [2.05, 4.69) is 6.58 Å². The van der Waals surface area contributed by atoms with Gasteiger partial charge in [0.05, 0.1) is 0 Å². The first-order chi connectivity index (χ1) is 11.6. The summed E-state index contributed by atoms with van der Waals surface area (Å²) in [5.74, 6) is 1.31. The minimum atomic E-state index is -0.122. The fourth-order valence-electron chi connectivity index (χ4n) is 2.26. The number of hydrogen-bond acceptors (Lipinski definition) is 2. The number of carbonyl (C=O) groups excluding carboxylic acids is 1. The summed E-state index contributed by atoms with van der Waals surface area (Å²) in [4.78, 5) is 12.5. The molecule has 3 aromatic carbocycles. The predicted molar refractivity (Wildman–Crippen MR) is 97.8 cm³/mol. The molecule has 0 amide bonds. The van der Waals surface area contributed by atoms with Crippen molar-refractivity contribution in [3.8, 4) is 11.5 Å². The minimum absolute atomic E-state index is 0.122. The van der Waals surface area contributed by atoms with E-state index in [1.165, 1.54) is 0 Å². The summed E-state index contributed by atoms with van der Waals surface area (Å²) >= 11 is 5.87. The van der Waals surface area contributed by atoms with Crippen LogP contribution in [-0.2, 0) is 0 Å². The zero-order valence-electron chi connectivity index (χ0n) is 12.9. The molecule has 3 aromatic rings. The Hall–Kier alpha value is -2.84. The third kappa shape index (κ3) is 3.73.